The maximum Gasteiger partial charge on any atom is 0.410 e. The maximum atomic E-state index is 12.6. The number of hydrogen-bond acceptors (Lipinski definition) is 3. The van der Waals surface area contributed by atoms with Crippen molar-refractivity contribution in [1.29, 1.82) is 0 Å². The van der Waals surface area contributed by atoms with Gasteiger partial charge in [-0.25, -0.2) is 4.79 Å². The SMILES string of the molecule is CC(C)(C)OC(=O)N1CCCC1C1OC(C)(C)Cc2ccccc21. The Bertz CT molecular complexity index is 618. The first kappa shape index (κ1) is 17.3. The second-order valence-electron chi connectivity index (χ2n) is 8.56. The Hall–Kier alpha value is -1.55. The minimum absolute atomic E-state index is 0.0422. The minimum Gasteiger partial charge on any atom is -0.444 e. The lowest BCUT2D eigenvalue weighted by atomic mass is 9.85. The van der Waals surface area contributed by atoms with Crippen LogP contribution in [0.25, 0.3) is 0 Å². The van der Waals surface area contributed by atoms with E-state index in [-0.39, 0.29) is 23.8 Å². The first-order valence-corrected chi connectivity index (χ1v) is 8.91. The molecule has 0 saturated carbocycles. The van der Waals surface area contributed by atoms with Crippen LogP contribution < -0.4 is 0 Å². The summed E-state index contributed by atoms with van der Waals surface area (Å²) in [7, 11) is 0. The number of ether oxygens (including phenoxy) is 2. The normalized spacial score (nSPS) is 26.1. The molecule has 1 aromatic carbocycles. The van der Waals surface area contributed by atoms with Gasteiger partial charge in [-0.3, -0.25) is 0 Å². The number of rotatable bonds is 1. The third-order valence-corrected chi connectivity index (χ3v) is 4.70. The Morgan fingerprint density at radius 2 is 2.00 bits per heavy atom. The smallest absolute Gasteiger partial charge is 0.410 e. The molecular formula is C20H29NO3. The lowest BCUT2D eigenvalue weighted by Gasteiger charge is -2.42. The van der Waals surface area contributed by atoms with Gasteiger partial charge in [-0.15, -0.1) is 0 Å². The molecule has 0 aliphatic carbocycles. The number of carbonyl (C=O) groups is 1. The maximum absolute atomic E-state index is 12.6. The van der Waals surface area contributed by atoms with Gasteiger partial charge in [0.25, 0.3) is 0 Å². The quantitative estimate of drug-likeness (QED) is 0.761. The number of likely N-dealkylation sites (tertiary alicyclic amines) is 1. The fraction of sp³-hybridized carbons (Fsp3) is 0.650. The number of benzene rings is 1. The molecule has 24 heavy (non-hydrogen) atoms. The van der Waals surface area contributed by atoms with Gasteiger partial charge in [-0.2, -0.15) is 0 Å². The summed E-state index contributed by atoms with van der Waals surface area (Å²) in [6, 6.07) is 8.50. The minimum atomic E-state index is -0.477. The molecule has 0 radical (unpaired) electrons. The van der Waals surface area contributed by atoms with Gasteiger partial charge in [0.05, 0.1) is 11.6 Å². The van der Waals surface area contributed by atoms with Crippen molar-refractivity contribution < 1.29 is 14.3 Å². The molecule has 0 spiro atoms. The average molecular weight is 331 g/mol. The lowest BCUT2D eigenvalue weighted by Crippen LogP contribution is -2.46. The van der Waals surface area contributed by atoms with E-state index in [0.29, 0.717) is 0 Å². The summed E-state index contributed by atoms with van der Waals surface area (Å²) < 4.78 is 12.1. The highest BCUT2D eigenvalue weighted by Crippen LogP contribution is 2.42. The van der Waals surface area contributed by atoms with E-state index in [2.05, 4.69) is 38.1 Å². The Kier molecular flexibility index (Phi) is 4.37. The van der Waals surface area contributed by atoms with Gasteiger partial charge in [0.15, 0.2) is 0 Å². The van der Waals surface area contributed by atoms with Crippen LogP contribution in [-0.4, -0.2) is 34.8 Å². The number of carbonyl (C=O) groups excluding carboxylic acids is 1. The van der Waals surface area contributed by atoms with Crippen LogP contribution in [0.2, 0.25) is 0 Å². The molecule has 0 N–H and O–H groups in total. The number of hydrogen-bond donors (Lipinski definition) is 0. The third-order valence-electron chi connectivity index (χ3n) is 4.70. The topological polar surface area (TPSA) is 38.8 Å². The van der Waals surface area contributed by atoms with Crippen molar-refractivity contribution in [2.75, 3.05) is 6.54 Å². The van der Waals surface area contributed by atoms with Crippen LogP contribution in [0.3, 0.4) is 0 Å². The van der Waals surface area contributed by atoms with Crippen molar-refractivity contribution in [3.05, 3.63) is 35.4 Å². The van der Waals surface area contributed by atoms with E-state index in [1.165, 1.54) is 11.1 Å². The van der Waals surface area contributed by atoms with E-state index in [1.807, 2.05) is 25.7 Å². The van der Waals surface area contributed by atoms with Crippen LogP contribution in [0.15, 0.2) is 24.3 Å². The third kappa shape index (κ3) is 3.59. The van der Waals surface area contributed by atoms with Crippen LogP contribution in [0.4, 0.5) is 4.79 Å². The standard InChI is InChI=1S/C20H29NO3/c1-19(2,3)24-18(22)21-12-8-11-16(21)17-15-10-7-6-9-14(15)13-20(4,5)23-17/h6-7,9-10,16-17H,8,11-13H2,1-5H3. The van der Waals surface area contributed by atoms with Crippen molar-refractivity contribution >= 4 is 6.09 Å². The van der Waals surface area contributed by atoms with Gasteiger partial charge in [0.2, 0.25) is 0 Å². The molecule has 1 aromatic rings. The van der Waals surface area contributed by atoms with Gasteiger partial charge < -0.3 is 14.4 Å². The highest BCUT2D eigenvalue weighted by molar-refractivity contribution is 5.69. The number of amides is 1. The van der Waals surface area contributed by atoms with Gasteiger partial charge >= 0.3 is 6.09 Å². The predicted octanol–water partition coefficient (Wildman–Crippen LogP) is 4.48. The van der Waals surface area contributed by atoms with Crippen molar-refractivity contribution in [3.63, 3.8) is 0 Å². The molecule has 1 amide bonds. The zero-order chi connectivity index (χ0) is 17.5. The van der Waals surface area contributed by atoms with Gasteiger partial charge in [0, 0.05) is 13.0 Å². The molecule has 2 aliphatic heterocycles. The molecule has 0 aromatic heterocycles. The molecule has 1 fully saturated rings. The van der Waals surface area contributed by atoms with Crippen molar-refractivity contribution in [1.82, 2.24) is 4.90 Å². The summed E-state index contributed by atoms with van der Waals surface area (Å²) in [4.78, 5) is 14.5. The van der Waals surface area contributed by atoms with Gasteiger partial charge in [0.1, 0.15) is 11.7 Å². The first-order valence-electron chi connectivity index (χ1n) is 8.91. The summed E-state index contributed by atoms with van der Waals surface area (Å²) >= 11 is 0. The second kappa shape index (κ2) is 6.07. The first-order chi connectivity index (χ1) is 11.2. The molecule has 2 unspecified atom stereocenters. The van der Waals surface area contributed by atoms with E-state index in [9.17, 15) is 4.79 Å². The monoisotopic (exact) mass is 331 g/mol. The van der Waals surface area contributed by atoms with Crippen molar-refractivity contribution in [2.24, 2.45) is 0 Å². The van der Waals surface area contributed by atoms with Crippen molar-refractivity contribution in [3.8, 4) is 0 Å². The Balaban J connectivity index is 1.88. The molecule has 4 heteroatoms. The van der Waals surface area contributed by atoms with Crippen LogP contribution in [0.1, 0.15) is 64.7 Å². The molecule has 2 aliphatic rings. The van der Waals surface area contributed by atoms with Gasteiger partial charge in [-0.05, 0) is 58.6 Å². The zero-order valence-corrected chi connectivity index (χ0v) is 15.5. The number of fused-ring (bicyclic) bond motifs is 1. The summed E-state index contributed by atoms with van der Waals surface area (Å²) in [6.45, 7) is 10.7. The van der Waals surface area contributed by atoms with Crippen LogP contribution in [0.5, 0.6) is 0 Å². The largest absolute Gasteiger partial charge is 0.444 e. The Morgan fingerprint density at radius 1 is 1.29 bits per heavy atom. The van der Waals surface area contributed by atoms with Crippen LogP contribution in [-0.2, 0) is 15.9 Å². The van der Waals surface area contributed by atoms with E-state index in [1.54, 1.807) is 0 Å². The summed E-state index contributed by atoms with van der Waals surface area (Å²) in [5, 5.41) is 0. The fourth-order valence-electron chi connectivity index (χ4n) is 3.82. The van der Waals surface area contributed by atoms with Crippen molar-refractivity contribution in [2.45, 2.75) is 77.2 Å². The van der Waals surface area contributed by atoms with Crippen LogP contribution >= 0.6 is 0 Å². The Labute approximate surface area is 145 Å². The molecule has 3 rings (SSSR count). The molecule has 0 bridgehead atoms. The van der Waals surface area contributed by atoms with E-state index in [0.717, 1.165) is 25.8 Å². The van der Waals surface area contributed by atoms with E-state index < -0.39 is 5.60 Å². The van der Waals surface area contributed by atoms with E-state index >= 15 is 0 Å². The molecule has 1 saturated heterocycles. The Morgan fingerprint density at radius 3 is 2.71 bits per heavy atom. The lowest BCUT2D eigenvalue weighted by molar-refractivity contribution is -0.112. The molecular weight excluding hydrogens is 302 g/mol. The van der Waals surface area contributed by atoms with E-state index in [4.69, 9.17) is 9.47 Å². The second-order valence-corrected chi connectivity index (χ2v) is 8.56. The molecule has 4 nitrogen and oxygen atoms in total. The highest BCUT2D eigenvalue weighted by atomic mass is 16.6. The molecule has 2 atom stereocenters. The fourth-order valence-corrected chi connectivity index (χ4v) is 3.82. The summed E-state index contributed by atoms with van der Waals surface area (Å²) in [5.74, 6) is 0. The number of nitrogens with zero attached hydrogens (tertiary/aromatic N) is 1. The highest BCUT2D eigenvalue weighted by Gasteiger charge is 2.43. The molecule has 2 heterocycles. The average Bonchev–Trinajstić information content (AvgIpc) is 2.93. The molecule has 132 valence electrons. The van der Waals surface area contributed by atoms with Crippen LogP contribution in [0, 0.1) is 0 Å². The summed E-state index contributed by atoms with van der Waals surface area (Å²) in [6.07, 6.45) is 2.54. The zero-order valence-electron chi connectivity index (χ0n) is 15.5. The predicted molar refractivity (Wildman–Crippen MR) is 94.0 cm³/mol. The van der Waals surface area contributed by atoms with Gasteiger partial charge in [-0.1, -0.05) is 24.3 Å². The summed E-state index contributed by atoms with van der Waals surface area (Å²) in [5.41, 5.74) is 1.85.